The predicted octanol–water partition coefficient (Wildman–Crippen LogP) is 5.27. The third-order valence-electron chi connectivity index (χ3n) is 6.33. The minimum atomic E-state index is -0.303. The van der Waals surface area contributed by atoms with Crippen molar-refractivity contribution in [3.05, 3.63) is 29.7 Å². The number of hydrogen-bond donors (Lipinski definition) is 0. The van der Waals surface area contributed by atoms with E-state index in [1.807, 2.05) is 26.1 Å². The summed E-state index contributed by atoms with van der Waals surface area (Å²) in [5.74, 6) is 1.28. The molecule has 2 aromatic rings. The zero-order valence-corrected chi connectivity index (χ0v) is 17.9. The fourth-order valence-electron chi connectivity index (χ4n) is 4.41. The first kappa shape index (κ1) is 20.7. The van der Waals surface area contributed by atoms with Crippen molar-refractivity contribution in [2.75, 3.05) is 7.05 Å². The zero-order chi connectivity index (χ0) is 20.9. The standard InChI is InChI=1S/C23H31N3O4/c1-16-20(15-28-23(27)26(2)18-8-6-7-9-18)22(25-30-16)17-12-13-21(24-14-17)29-19-10-4-3-5-11-19/h12-14,18-19H,3-11,15H2,1-2H3. The normalized spacial score (nSPS) is 17.8. The molecule has 2 fully saturated rings. The first-order chi connectivity index (χ1) is 14.6. The molecule has 0 saturated heterocycles. The molecule has 2 aliphatic carbocycles. The average molecular weight is 414 g/mol. The molecular weight excluding hydrogens is 382 g/mol. The zero-order valence-electron chi connectivity index (χ0n) is 17.9. The van der Waals surface area contributed by atoms with Crippen LogP contribution in [-0.2, 0) is 11.3 Å². The molecule has 0 unspecified atom stereocenters. The summed E-state index contributed by atoms with van der Waals surface area (Å²) in [6.07, 6.45) is 12.1. The molecule has 0 aromatic carbocycles. The van der Waals surface area contributed by atoms with Crippen LogP contribution in [0.1, 0.15) is 69.1 Å². The van der Waals surface area contributed by atoms with Gasteiger partial charge in [0.05, 0.1) is 5.56 Å². The van der Waals surface area contributed by atoms with Crippen molar-refractivity contribution in [1.29, 1.82) is 0 Å². The third-order valence-corrected chi connectivity index (χ3v) is 6.33. The van der Waals surface area contributed by atoms with Crippen LogP contribution < -0.4 is 4.74 Å². The van der Waals surface area contributed by atoms with Crippen LogP contribution in [0.2, 0.25) is 0 Å². The monoisotopic (exact) mass is 413 g/mol. The Morgan fingerprint density at radius 2 is 1.87 bits per heavy atom. The lowest BCUT2D eigenvalue weighted by atomic mass is 9.98. The molecule has 0 N–H and O–H groups in total. The van der Waals surface area contributed by atoms with E-state index in [1.54, 1.807) is 11.1 Å². The smallest absolute Gasteiger partial charge is 0.410 e. The van der Waals surface area contributed by atoms with Crippen molar-refractivity contribution in [3.63, 3.8) is 0 Å². The second-order valence-electron chi connectivity index (χ2n) is 8.43. The molecule has 0 aliphatic heterocycles. The van der Waals surface area contributed by atoms with Gasteiger partial charge in [0.15, 0.2) is 0 Å². The molecule has 2 saturated carbocycles. The van der Waals surface area contributed by atoms with Gasteiger partial charge in [0, 0.05) is 30.9 Å². The molecule has 30 heavy (non-hydrogen) atoms. The number of hydrogen-bond acceptors (Lipinski definition) is 6. The molecule has 7 heteroatoms. The van der Waals surface area contributed by atoms with E-state index in [0.29, 0.717) is 17.3 Å². The number of carbonyl (C=O) groups excluding carboxylic acids is 1. The second kappa shape index (κ2) is 9.49. The molecule has 2 aliphatic rings. The van der Waals surface area contributed by atoms with Crippen LogP contribution in [-0.4, -0.2) is 40.3 Å². The van der Waals surface area contributed by atoms with Gasteiger partial charge in [-0.1, -0.05) is 24.4 Å². The number of ether oxygens (including phenoxy) is 2. The van der Waals surface area contributed by atoms with Crippen LogP contribution >= 0.6 is 0 Å². The fourth-order valence-corrected chi connectivity index (χ4v) is 4.41. The van der Waals surface area contributed by atoms with Gasteiger partial charge in [-0.25, -0.2) is 9.78 Å². The lowest BCUT2D eigenvalue weighted by Crippen LogP contribution is -2.35. The van der Waals surface area contributed by atoms with E-state index in [0.717, 1.165) is 36.8 Å². The number of aryl methyl sites for hydroxylation is 1. The Bertz CT molecular complexity index is 837. The summed E-state index contributed by atoms with van der Waals surface area (Å²) >= 11 is 0. The van der Waals surface area contributed by atoms with Crippen molar-refractivity contribution >= 4 is 6.09 Å². The lowest BCUT2D eigenvalue weighted by molar-refractivity contribution is 0.0915. The number of rotatable bonds is 6. The molecule has 4 rings (SSSR count). The summed E-state index contributed by atoms with van der Waals surface area (Å²) in [5, 5.41) is 4.17. The quantitative estimate of drug-likeness (QED) is 0.642. The van der Waals surface area contributed by atoms with E-state index in [4.69, 9.17) is 14.0 Å². The van der Waals surface area contributed by atoms with Gasteiger partial charge in [0.25, 0.3) is 0 Å². The van der Waals surface area contributed by atoms with Crippen molar-refractivity contribution in [2.45, 2.75) is 83.5 Å². The van der Waals surface area contributed by atoms with Gasteiger partial charge in [0.1, 0.15) is 24.2 Å². The Hall–Kier alpha value is -2.57. The van der Waals surface area contributed by atoms with Gasteiger partial charge in [-0.05, 0) is 51.5 Å². The van der Waals surface area contributed by atoms with E-state index in [-0.39, 0.29) is 24.8 Å². The van der Waals surface area contributed by atoms with E-state index in [9.17, 15) is 4.79 Å². The maximum absolute atomic E-state index is 12.4. The van der Waals surface area contributed by atoms with Gasteiger partial charge >= 0.3 is 6.09 Å². The van der Waals surface area contributed by atoms with Crippen molar-refractivity contribution in [3.8, 4) is 17.1 Å². The Morgan fingerprint density at radius 1 is 1.13 bits per heavy atom. The lowest BCUT2D eigenvalue weighted by Gasteiger charge is -2.23. The summed E-state index contributed by atoms with van der Waals surface area (Å²) in [6.45, 7) is 1.95. The SMILES string of the molecule is Cc1onc(-c2ccc(OC3CCCCC3)nc2)c1COC(=O)N(C)C1CCCC1. The van der Waals surface area contributed by atoms with Crippen LogP contribution in [0.15, 0.2) is 22.9 Å². The van der Waals surface area contributed by atoms with E-state index in [2.05, 4.69) is 10.1 Å². The van der Waals surface area contributed by atoms with Crippen molar-refractivity contribution in [2.24, 2.45) is 0 Å². The van der Waals surface area contributed by atoms with Crippen LogP contribution in [0.5, 0.6) is 5.88 Å². The minimum Gasteiger partial charge on any atom is -0.474 e. The van der Waals surface area contributed by atoms with Gasteiger partial charge in [-0.2, -0.15) is 0 Å². The highest BCUT2D eigenvalue weighted by molar-refractivity contribution is 5.68. The predicted molar refractivity (Wildman–Crippen MR) is 112 cm³/mol. The van der Waals surface area contributed by atoms with Crippen LogP contribution in [0.3, 0.4) is 0 Å². The van der Waals surface area contributed by atoms with E-state index >= 15 is 0 Å². The third kappa shape index (κ3) is 4.77. The molecule has 0 radical (unpaired) electrons. The molecule has 0 atom stereocenters. The molecule has 1 amide bonds. The summed E-state index contributed by atoms with van der Waals surface area (Å²) in [5.41, 5.74) is 2.24. The van der Waals surface area contributed by atoms with Crippen molar-refractivity contribution in [1.82, 2.24) is 15.0 Å². The highest BCUT2D eigenvalue weighted by atomic mass is 16.6. The summed E-state index contributed by atoms with van der Waals surface area (Å²) in [7, 11) is 1.81. The maximum Gasteiger partial charge on any atom is 0.410 e. The summed E-state index contributed by atoms with van der Waals surface area (Å²) < 4.78 is 17.0. The first-order valence-corrected chi connectivity index (χ1v) is 11.1. The number of nitrogens with zero attached hydrogens (tertiary/aromatic N) is 3. The Morgan fingerprint density at radius 3 is 2.57 bits per heavy atom. The maximum atomic E-state index is 12.4. The number of amides is 1. The minimum absolute atomic E-state index is 0.126. The molecule has 2 heterocycles. The molecule has 0 spiro atoms. The van der Waals surface area contributed by atoms with Crippen LogP contribution in [0, 0.1) is 6.92 Å². The average Bonchev–Trinajstić information content (AvgIpc) is 3.43. The Kier molecular flexibility index (Phi) is 6.55. The van der Waals surface area contributed by atoms with E-state index < -0.39 is 0 Å². The molecule has 162 valence electrons. The molecular formula is C23H31N3O4. The molecule has 0 bridgehead atoms. The summed E-state index contributed by atoms with van der Waals surface area (Å²) in [4.78, 5) is 18.6. The number of carbonyl (C=O) groups is 1. The largest absolute Gasteiger partial charge is 0.474 e. The Balaban J connectivity index is 1.39. The highest BCUT2D eigenvalue weighted by Crippen LogP contribution is 2.28. The number of pyridine rings is 1. The van der Waals surface area contributed by atoms with Crippen LogP contribution in [0.25, 0.3) is 11.3 Å². The van der Waals surface area contributed by atoms with Gasteiger partial charge in [0.2, 0.25) is 5.88 Å². The van der Waals surface area contributed by atoms with Crippen molar-refractivity contribution < 1.29 is 18.8 Å². The summed E-state index contributed by atoms with van der Waals surface area (Å²) in [6, 6.07) is 4.08. The number of aromatic nitrogens is 2. The van der Waals surface area contributed by atoms with Gasteiger partial charge in [-0.3, -0.25) is 0 Å². The van der Waals surface area contributed by atoms with Gasteiger partial charge in [-0.15, -0.1) is 0 Å². The highest BCUT2D eigenvalue weighted by Gasteiger charge is 2.25. The fraction of sp³-hybridized carbons (Fsp3) is 0.609. The molecule has 7 nitrogen and oxygen atoms in total. The first-order valence-electron chi connectivity index (χ1n) is 11.1. The second-order valence-corrected chi connectivity index (χ2v) is 8.43. The Labute approximate surface area is 177 Å². The topological polar surface area (TPSA) is 77.7 Å². The van der Waals surface area contributed by atoms with Gasteiger partial charge < -0.3 is 18.9 Å². The van der Waals surface area contributed by atoms with E-state index in [1.165, 1.54) is 32.1 Å². The van der Waals surface area contributed by atoms with Crippen LogP contribution in [0.4, 0.5) is 4.79 Å². The molecule has 2 aromatic heterocycles.